The third-order valence-corrected chi connectivity index (χ3v) is 4.36. The fourth-order valence-electron chi connectivity index (χ4n) is 1.81. The SMILES string of the molecule is O=c1ccc(S(=O)(=O)c2cc3ccc(F)cc3[nH]2)n[nH]1. The van der Waals surface area contributed by atoms with E-state index in [-0.39, 0.29) is 10.1 Å². The van der Waals surface area contributed by atoms with Crippen molar-refractivity contribution in [3.8, 4) is 0 Å². The van der Waals surface area contributed by atoms with Crippen molar-refractivity contribution >= 4 is 20.7 Å². The van der Waals surface area contributed by atoms with Gasteiger partial charge in [0.15, 0.2) is 5.03 Å². The Bertz CT molecular complexity index is 939. The van der Waals surface area contributed by atoms with Gasteiger partial charge in [0.25, 0.3) is 5.56 Å². The highest BCUT2D eigenvalue weighted by Gasteiger charge is 2.21. The Balaban J connectivity index is 2.18. The average molecular weight is 293 g/mol. The Morgan fingerprint density at radius 3 is 2.60 bits per heavy atom. The predicted octanol–water partition coefficient (Wildman–Crippen LogP) is 1.22. The molecule has 0 bridgehead atoms. The third-order valence-electron chi connectivity index (χ3n) is 2.78. The molecule has 0 saturated carbocycles. The van der Waals surface area contributed by atoms with Crippen molar-refractivity contribution in [3.05, 3.63) is 52.6 Å². The van der Waals surface area contributed by atoms with Gasteiger partial charge in [0.1, 0.15) is 10.8 Å². The van der Waals surface area contributed by atoms with Gasteiger partial charge in [-0.25, -0.2) is 17.9 Å². The molecule has 3 rings (SSSR count). The zero-order valence-electron chi connectivity index (χ0n) is 9.92. The lowest BCUT2D eigenvalue weighted by Gasteiger charge is -1.99. The molecule has 0 fully saturated rings. The van der Waals surface area contributed by atoms with Gasteiger partial charge in [0.2, 0.25) is 9.84 Å². The number of fused-ring (bicyclic) bond motifs is 1. The summed E-state index contributed by atoms with van der Waals surface area (Å²) in [5, 5.41) is 5.72. The standard InChI is InChI=1S/C12H8FN3O3S/c13-8-2-1-7-5-12(14-9(7)6-8)20(18,19)11-4-3-10(17)15-16-11/h1-6,14H,(H,15,17). The molecule has 3 aromatic rings. The first-order valence-corrected chi connectivity index (χ1v) is 7.04. The summed E-state index contributed by atoms with van der Waals surface area (Å²) in [4.78, 5) is 13.5. The molecule has 0 aliphatic rings. The van der Waals surface area contributed by atoms with Crippen molar-refractivity contribution in [2.24, 2.45) is 0 Å². The molecule has 0 amide bonds. The van der Waals surface area contributed by atoms with Crippen LogP contribution in [0, 0.1) is 5.82 Å². The van der Waals surface area contributed by atoms with Crippen LogP contribution in [0.1, 0.15) is 0 Å². The number of nitrogens with one attached hydrogen (secondary N) is 2. The number of aromatic amines is 2. The summed E-state index contributed by atoms with van der Waals surface area (Å²) in [5.41, 5.74) is -0.129. The van der Waals surface area contributed by atoms with Crippen molar-refractivity contribution in [1.82, 2.24) is 15.2 Å². The molecule has 6 nitrogen and oxygen atoms in total. The van der Waals surface area contributed by atoms with Crippen LogP contribution in [0.25, 0.3) is 10.9 Å². The second-order valence-corrected chi connectivity index (χ2v) is 5.99. The summed E-state index contributed by atoms with van der Waals surface area (Å²) < 4.78 is 37.7. The molecule has 0 aliphatic carbocycles. The normalized spacial score (nSPS) is 11.8. The molecule has 2 N–H and O–H groups in total. The van der Waals surface area contributed by atoms with Crippen molar-refractivity contribution in [1.29, 1.82) is 0 Å². The molecular formula is C12H8FN3O3S. The second-order valence-electron chi connectivity index (χ2n) is 4.13. The zero-order chi connectivity index (χ0) is 14.3. The number of aromatic nitrogens is 3. The van der Waals surface area contributed by atoms with E-state index in [9.17, 15) is 17.6 Å². The lowest BCUT2D eigenvalue weighted by atomic mass is 10.2. The molecule has 2 heterocycles. The summed E-state index contributed by atoms with van der Waals surface area (Å²) in [7, 11) is -3.89. The predicted molar refractivity (Wildman–Crippen MR) is 68.6 cm³/mol. The van der Waals surface area contributed by atoms with E-state index in [2.05, 4.69) is 15.2 Å². The highest BCUT2D eigenvalue weighted by Crippen LogP contribution is 2.23. The molecule has 0 spiro atoms. The van der Waals surface area contributed by atoms with Gasteiger partial charge in [-0.15, -0.1) is 0 Å². The molecule has 0 unspecified atom stereocenters. The first-order valence-electron chi connectivity index (χ1n) is 5.56. The van der Waals surface area contributed by atoms with E-state index in [1.807, 2.05) is 0 Å². The van der Waals surface area contributed by atoms with E-state index in [4.69, 9.17) is 0 Å². The van der Waals surface area contributed by atoms with Gasteiger partial charge in [-0.2, -0.15) is 5.10 Å². The Morgan fingerprint density at radius 1 is 1.10 bits per heavy atom. The number of hydrogen-bond acceptors (Lipinski definition) is 4. The van der Waals surface area contributed by atoms with Gasteiger partial charge in [0, 0.05) is 17.0 Å². The molecule has 0 atom stereocenters. The Morgan fingerprint density at radius 2 is 1.90 bits per heavy atom. The van der Waals surface area contributed by atoms with Crippen molar-refractivity contribution < 1.29 is 12.8 Å². The van der Waals surface area contributed by atoms with Gasteiger partial charge in [-0.1, -0.05) is 0 Å². The van der Waals surface area contributed by atoms with Crippen LogP contribution in [0.3, 0.4) is 0 Å². The highest BCUT2D eigenvalue weighted by atomic mass is 32.2. The molecule has 0 aliphatic heterocycles. The summed E-state index contributed by atoms with van der Waals surface area (Å²) in [6.07, 6.45) is 0. The van der Waals surface area contributed by atoms with Crippen LogP contribution < -0.4 is 5.56 Å². The number of rotatable bonds is 2. The number of sulfone groups is 1. The fourth-order valence-corrected chi connectivity index (χ4v) is 2.98. The van der Waals surface area contributed by atoms with Gasteiger partial charge in [-0.3, -0.25) is 4.79 Å². The lowest BCUT2D eigenvalue weighted by Crippen LogP contribution is -2.12. The maximum absolute atomic E-state index is 13.1. The minimum absolute atomic E-state index is 0.113. The maximum Gasteiger partial charge on any atom is 0.264 e. The van der Waals surface area contributed by atoms with Crippen LogP contribution >= 0.6 is 0 Å². The van der Waals surface area contributed by atoms with Crippen LogP contribution in [0.2, 0.25) is 0 Å². The largest absolute Gasteiger partial charge is 0.345 e. The van der Waals surface area contributed by atoms with Gasteiger partial charge in [0.05, 0.1) is 0 Å². The maximum atomic E-state index is 13.1. The summed E-state index contributed by atoms with van der Waals surface area (Å²) >= 11 is 0. The molecular weight excluding hydrogens is 285 g/mol. The first-order chi connectivity index (χ1) is 9.46. The minimum Gasteiger partial charge on any atom is -0.345 e. The number of nitrogens with zero attached hydrogens (tertiary/aromatic N) is 1. The number of benzene rings is 1. The lowest BCUT2D eigenvalue weighted by molar-refractivity contribution is 0.587. The van der Waals surface area contributed by atoms with E-state index in [0.29, 0.717) is 10.9 Å². The third kappa shape index (κ3) is 1.99. The smallest absolute Gasteiger partial charge is 0.264 e. The van der Waals surface area contributed by atoms with Crippen LogP contribution in [0.4, 0.5) is 4.39 Å². The Kier molecular flexibility index (Phi) is 2.68. The number of halogens is 1. The van der Waals surface area contributed by atoms with Crippen LogP contribution in [-0.4, -0.2) is 23.6 Å². The van der Waals surface area contributed by atoms with Gasteiger partial charge >= 0.3 is 0 Å². The van der Waals surface area contributed by atoms with Crippen LogP contribution in [-0.2, 0) is 9.84 Å². The van der Waals surface area contributed by atoms with Crippen LogP contribution in [0.15, 0.2) is 51.2 Å². The fraction of sp³-hybridized carbons (Fsp3) is 0. The number of hydrogen-bond donors (Lipinski definition) is 2. The van der Waals surface area contributed by atoms with Crippen molar-refractivity contribution in [3.63, 3.8) is 0 Å². The van der Waals surface area contributed by atoms with Gasteiger partial charge < -0.3 is 4.98 Å². The molecule has 0 radical (unpaired) electrons. The molecule has 2 aromatic heterocycles. The van der Waals surface area contributed by atoms with E-state index in [1.165, 1.54) is 24.3 Å². The Labute approximate surface area is 112 Å². The highest BCUT2D eigenvalue weighted by molar-refractivity contribution is 7.91. The van der Waals surface area contributed by atoms with E-state index >= 15 is 0 Å². The summed E-state index contributed by atoms with van der Waals surface area (Å²) in [6.45, 7) is 0. The summed E-state index contributed by atoms with van der Waals surface area (Å²) in [6, 6.07) is 7.49. The summed E-state index contributed by atoms with van der Waals surface area (Å²) in [5.74, 6) is -0.467. The molecule has 20 heavy (non-hydrogen) atoms. The zero-order valence-corrected chi connectivity index (χ0v) is 10.7. The average Bonchev–Trinajstić information content (AvgIpc) is 2.83. The topological polar surface area (TPSA) is 95.7 Å². The van der Waals surface area contributed by atoms with E-state index < -0.39 is 21.2 Å². The van der Waals surface area contributed by atoms with Crippen molar-refractivity contribution in [2.45, 2.75) is 10.1 Å². The first kappa shape index (κ1) is 12.5. The molecule has 0 saturated heterocycles. The second kappa shape index (κ2) is 4.27. The minimum atomic E-state index is -3.89. The van der Waals surface area contributed by atoms with Gasteiger partial charge in [-0.05, 0) is 30.3 Å². The van der Waals surface area contributed by atoms with Crippen LogP contribution in [0.5, 0.6) is 0 Å². The molecule has 8 heteroatoms. The monoisotopic (exact) mass is 293 g/mol. The van der Waals surface area contributed by atoms with Crippen molar-refractivity contribution in [2.75, 3.05) is 0 Å². The molecule has 1 aromatic carbocycles. The van der Waals surface area contributed by atoms with E-state index in [1.54, 1.807) is 0 Å². The Hall–Kier alpha value is -2.48. The number of H-pyrrole nitrogens is 2. The molecule has 102 valence electrons. The quantitative estimate of drug-likeness (QED) is 0.742. The van der Waals surface area contributed by atoms with E-state index in [0.717, 1.165) is 12.1 Å².